The average Bonchev–Trinajstić information content (AvgIpc) is 2.57. The minimum absolute atomic E-state index is 0.659. The first-order valence-electron chi connectivity index (χ1n) is 4.28. The normalized spacial score (nSPS) is 10.5. The number of hydrogen-bond acceptors (Lipinski definition) is 0. The first-order chi connectivity index (χ1) is 6.68. The van der Waals surface area contributed by atoms with Gasteiger partial charge in [-0.3, -0.25) is 0 Å². The molecule has 0 atom stereocenters. The van der Waals surface area contributed by atoms with E-state index in [0.29, 0.717) is 5.56 Å². The first-order valence-corrected chi connectivity index (χ1v) is 4.28. The summed E-state index contributed by atoms with van der Waals surface area (Å²) in [7, 11) is 0. The molecule has 14 heavy (non-hydrogen) atoms. The third kappa shape index (κ3) is 1.41. The fourth-order valence-electron chi connectivity index (χ4n) is 1.41. The van der Waals surface area contributed by atoms with Crippen molar-refractivity contribution in [3.63, 3.8) is 0 Å². The summed E-state index contributed by atoms with van der Waals surface area (Å²) in [5, 5.41) is 0. The highest BCUT2D eigenvalue weighted by molar-refractivity contribution is 5.63. The Balaban J connectivity index is 2.53. The molecule has 1 aromatic carbocycles. The summed E-state index contributed by atoms with van der Waals surface area (Å²) in [6.07, 6.45) is 1.77. The zero-order valence-electron chi connectivity index (χ0n) is 7.64. The Kier molecular flexibility index (Phi) is 2.08. The van der Waals surface area contributed by atoms with Gasteiger partial charge in [0, 0.05) is 17.5 Å². The Bertz CT molecular complexity index is 460. The van der Waals surface area contributed by atoms with Crippen molar-refractivity contribution in [2.75, 3.05) is 0 Å². The van der Waals surface area contributed by atoms with Crippen LogP contribution in [0.15, 0.2) is 30.5 Å². The molecule has 0 spiro atoms. The van der Waals surface area contributed by atoms with Crippen molar-refractivity contribution in [3.8, 4) is 11.3 Å². The largest absolute Gasteiger partial charge is 0.361 e. The molecular weight excluding hydrogens is 184 g/mol. The lowest BCUT2D eigenvalue weighted by Crippen LogP contribution is -1.86. The molecular formula is C11H9F2N. The molecule has 0 aliphatic carbocycles. The molecule has 3 heteroatoms. The second-order valence-electron chi connectivity index (χ2n) is 3.16. The molecule has 0 bridgehead atoms. The van der Waals surface area contributed by atoms with Gasteiger partial charge in [-0.1, -0.05) is 0 Å². The van der Waals surface area contributed by atoms with Gasteiger partial charge in [-0.2, -0.15) is 0 Å². The van der Waals surface area contributed by atoms with Crippen molar-refractivity contribution < 1.29 is 8.78 Å². The molecule has 0 amide bonds. The van der Waals surface area contributed by atoms with E-state index in [1.165, 1.54) is 6.07 Å². The van der Waals surface area contributed by atoms with Gasteiger partial charge in [0.2, 0.25) is 0 Å². The van der Waals surface area contributed by atoms with E-state index in [1.807, 2.05) is 13.0 Å². The summed E-state index contributed by atoms with van der Waals surface area (Å²) >= 11 is 0. The highest BCUT2D eigenvalue weighted by Gasteiger charge is 2.06. The van der Waals surface area contributed by atoms with Gasteiger partial charge in [-0.05, 0) is 36.8 Å². The minimum atomic E-state index is -0.823. The minimum Gasteiger partial charge on any atom is -0.361 e. The van der Waals surface area contributed by atoms with Gasteiger partial charge in [0.1, 0.15) is 0 Å². The maximum absolute atomic E-state index is 12.9. The van der Waals surface area contributed by atoms with Crippen molar-refractivity contribution in [2.24, 2.45) is 0 Å². The fourth-order valence-corrected chi connectivity index (χ4v) is 1.41. The van der Waals surface area contributed by atoms with Gasteiger partial charge in [0.05, 0.1) is 0 Å². The number of halogens is 2. The van der Waals surface area contributed by atoms with Crippen LogP contribution in [0.1, 0.15) is 5.56 Å². The Morgan fingerprint density at radius 2 is 1.86 bits per heavy atom. The summed E-state index contributed by atoms with van der Waals surface area (Å²) in [5.41, 5.74) is 2.49. The Morgan fingerprint density at radius 3 is 2.43 bits per heavy atom. The Morgan fingerprint density at radius 1 is 1.07 bits per heavy atom. The van der Waals surface area contributed by atoms with Crippen LogP contribution in [0.5, 0.6) is 0 Å². The summed E-state index contributed by atoms with van der Waals surface area (Å²) in [4.78, 5) is 2.98. The summed E-state index contributed by atoms with van der Waals surface area (Å²) < 4.78 is 25.6. The van der Waals surface area contributed by atoms with Gasteiger partial charge in [-0.25, -0.2) is 8.78 Å². The van der Waals surface area contributed by atoms with Crippen LogP contribution in [-0.2, 0) is 0 Å². The van der Waals surface area contributed by atoms with Crippen LogP contribution in [0, 0.1) is 18.6 Å². The van der Waals surface area contributed by atoms with Crippen molar-refractivity contribution in [1.29, 1.82) is 0 Å². The number of aryl methyl sites for hydroxylation is 1. The lowest BCUT2D eigenvalue weighted by molar-refractivity contribution is 0.509. The van der Waals surface area contributed by atoms with E-state index in [2.05, 4.69) is 4.98 Å². The van der Waals surface area contributed by atoms with E-state index in [4.69, 9.17) is 0 Å². The number of aromatic nitrogens is 1. The highest BCUT2D eigenvalue weighted by atomic mass is 19.2. The van der Waals surface area contributed by atoms with Gasteiger partial charge in [-0.15, -0.1) is 0 Å². The molecule has 72 valence electrons. The van der Waals surface area contributed by atoms with Crippen LogP contribution in [0.25, 0.3) is 11.3 Å². The van der Waals surface area contributed by atoms with Gasteiger partial charge in [0.25, 0.3) is 0 Å². The number of aromatic amines is 1. The van der Waals surface area contributed by atoms with E-state index in [9.17, 15) is 8.78 Å². The number of nitrogens with one attached hydrogen (secondary N) is 1. The lowest BCUT2D eigenvalue weighted by Gasteiger charge is -2.01. The summed E-state index contributed by atoms with van der Waals surface area (Å²) in [6.45, 7) is 1.91. The molecule has 2 rings (SSSR count). The van der Waals surface area contributed by atoms with Gasteiger partial charge < -0.3 is 4.98 Å². The second kappa shape index (κ2) is 3.25. The van der Waals surface area contributed by atoms with Gasteiger partial charge >= 0.3 is 0 Å². The molecule has 1 aromatic heterocycles. The predicted molar refractivity (Wildman–Crippen MR) is 50.9 cm³/mol. The van der Waals surface area contributed by atoms with E-state index in [0.717, 1.165) is 17.3 Å². The molecule has 1 N–H and O–H groups in total. The number of H-pyrrole nitrogens is 1. The number of rotatable bonds is 1. The predicted octanol–water partition coefficient (Wildman–Crippen LogP) is 3.27. The lowest BCUT2D eigenvalue weighted by atomic mass is 10.1. The maximum atomic E-state index is 12.9. The standard InChI is InChI=1S/C11H9F2N/c1-7-4-5-14-11(7)8-2-3-9(12)10(13)6-8/h2-6,14H,1H3. The van der Waals surface area contributed by atoms with Crippen LogP contribution >= 0.6 is 0 Å². The molecule has 0 saturated carbocycles. The SMILES string of the molecule is Cc1cc[nH]c1-c1ccc(F)c(F)c1. The zero-order valence-corrected chi connectivity index (χ0v) is 7.64. The van der Waals surface area contributed by atoms with Crippen molar-refractivity contribution >= 4 is 0 Å². The molecule has 1 nitrogen and oxygen atoms in total. The third-order valence-electron chi connectivity index (χ3n) is 2.16. The van der Waals surface area contributed by atoms with Crippen LogP contribution < -0.4 is 0 Å². The van der Waals surface area contributed by atoms with Crippen LogP contribution in [0.4, 0.5) is 8.78 Å². The Hall–Kier alpha value is -1.64. The monoisotopic (exact) mass is 193 g/mol. The summed E-state index contributed by atoms with van der Waals surface area (Å²) in [5.74, 6) is -1.64. The van der Waals surface area contributed by atoms with Crippen molar-refractivity contribution in [1.82, 2.24) is 4.98 Å². The van der Waals surface area contributed by atoms with Crippen molar-refractivity contribution in [2.45, 2.75) is 6.92 Å². The third-order valence-corrected chi connectivity index (χ3v) is 2.16. The molecule has 0 aliphatic rings. The topological polar surface area (TPSA) is 15.8 Å². The second-order valence-corrected chi connectivity index (χ2v) is 3.16. The van der Waals surface area contributed by atoms with Gasteiger partial charge in [0.15, 0.2) is 11.6 Å². The molecule has 2 aromatic rings. The number of benzene rings is 1. The highest BCUT2D eigenvalue weighted by Crippen LogP contribution is 2.22. The smallest absolute Gasteiger partial charge is 0.159 e. The van der Waals surface area contributed by atoms with E-state index in [-0.39, 0.29) is 0 Å². The average molecular weight is 193 g/mol. The van der Waals surface area contributed by atoms with E-state index >= 15 is 0 Å². The van der Waals surface area contributed by atoms with Crippen LogP contribution in [0.3, 0.4) is 0 Å². The fraction of sp³-hybridized carbons (Fsp3) is 0.0909. The molecule has 0 saturated heterocycles. The number of hydrogen-bond donors (Lipinski definition) is 1. The zero-order chi connectivity index (χ0) is 10.1. The van der Waals surface area contributed by atoms with E-state index < -0.39 is 11.6 Å². The van der Waals surface area contributed by atoms with Crippen molar-refractivity contribution in [3.05, 3.63) is 47.7 Å². The first kappa shape index (κ1) is 8.94. The maximum Gasteiger partial charge on any atom is 0.159 e. The Labute approximate surface area is 80.4 Å². The quantitative estimate of drug-likeness (QED) is 0.715. The van der Waals surface area contributed by atoms with Crippen LogP contribution in [0.2, 0.25) is 0 Å². The molecule has 0 aliphatic heterocycles. The van der Waals surface area contributed by atoms with E-state index in [1.54, 1.807) is 12.3 Å². The molecule has 0 radical (unpaired) electrons. The molecule has 0 fully saturated rings. The van der Waals surface area contributed by atoms with Crippen LogP contribution in [-0.4, -0.2) is 4.98 Å². The molecule has 0 unspecified atom stereocenters. The molecule has 1 heterocycles. The summed E-state index contributed by atoms with van der Waals surface area (Å²) in [6, 6.07) is 5.76.